The predicted molar refractivity (Wildman–Crippen MR) is 100 cm³/mol. The van der Waals surface area contributed by atoms with Crippen molar-refractivity contribution < 1.29 is 18.9 Å². The molecule has 0 heterocycles. The molecule has 0 unspecified atom stereocenters. The van der Waals surface area contributed by atoms with Crippen LogP contribution in [0.4, 0.5) is 5.69 Å². The van der Waals surface area contributed by atoms with Gasteiger partial charge in [0.25, 0.3) is 0 Å². The van der Waals surface area contributed by atoms with E-state index in [1.807, 2.05) is 24.3 Å². The quantitative estimate of drug-likeness (QED) is 0.440. The molecule has 6 heteroatoms. The third-order valence-electron chi connectivity index (χ3n) is 3.78. The predicted octanol–water partition coefficient (Wildman–Crippen LogP) is 5.12. The second kappa shape index (κ2) is 7.96. The molecule has 0 aliphatic heterocycles. The number of hydrogen-bond acceptors (Lipinski definition) is 3. The van der Waals surface area contributed by atoms with Gasteiger partial charge in [-0.2, -0.15) is 0 Å². The van der Waals surface area contributed by atoms with Crippen molar-refractivity contribution in [3.8, 4) is 0 Å². The van der Waals surface area contributed by atoms with Crippen LogP contribution in [0.2, 0.25) is 0 Å². The molecular weight excluding hydrogens is 337 g/mol. The first-order chi connectivity index (χ1) is 11.7. The van der Waals surface area contributed by atoms with E-state index in [0.29, 0.717) is 11.3 Å². The standard InChI is InChI=1S/C19H24NO4P/c1-13(2)16-11-8-12-17(14(3)4)18(16)20-19(24-25(21,22)23)15-9-6-5-7-10-15/h5-14H,1-4H3,(H2,21,22,23). The molecule has 2 aromatic rings. The van der Waals surface area contributed by atoms with E-state index in [4.69, 9.17) is 4.52 Å². The molecule has 0 aromatic heterocycles. The maximum Gasteiger partial charge on any atom is 0.526 e. The van der Waals surface area contributed by atoms with Crippen LogP contribution in [-0.4, -0.2) is 15.7 Å². The number of benzene rings is 2. The summed E-state index contributed by atoms with van der Waals surface area (Å²) in [5.74, 6) is 0.345. The number of rotatable bonds is 5. The van der Waals surface area contributed by atoms with Crippen LogP contribution in [0.3, 0.4) is 0 Å². The molecule has 2 aromatic carbocycles. The Bertz CT molecular complexity index is 768. The number of aliphatic imine (C=N–C) groups is 1. The Kier molecular flexibility index (Phi) is 6.17. The van der Waals surface area contributed by atoms with Crippen molar-refractivity contribution >= 4 is 19.4 Å². The molecule has 0 atom stereocenters. The van der Waals surface area contributed by atoms with Crippen LogP contribution in [0.1, 0.15) is 56.2 Å². The zero-order chi connectivity index (χ0) is 18.6. The molecule has 0 radical (unpaired) electrons. The minimum Gasteiger partial charge on any atom is -0.385 e. The topological polar surface area (TPSA) is 79.1 Å². The SMILES string of the molecule is CC(C)c1cccc(C(C)C)c1N=C(OP(=O)(O)O)c1ccccc1. The van der Waals surface area contributed by atoms with Crippen LogP contribution >= 0.6 is 7.82 Å². The Morgan fingerprint density at radius 3 is 1.88 bits per heavy atom. The lowest BCUT2D eigenvalue weighted by molar-refractivity contribution is 0.279. The van der Waals surface area contributed by atoms with Gasteiger partial charge in [0.2, 0.25) is 5.90 Å². The summed E-state index contributed by atoms with van der Waals surface area (Å²) in [4.78, 5) is 23.1. The zero-order valence-electron chi connectivity index (χ0n) is 14.9. The van der Waals surface area contributed by atoms with E-state index in [1.165, 1.54) is 0 Å². The van der Waals surface area contributed by atoms with Crippen molar-refractivity contribution in [2.45, 2.75) is 39.5 Å². The highest BCUT2D eigenvalue weighted by Gasteiger charge is 2.22. The molecule has 134 valence electrons. The van der Waals surface area contributed by atoms with Crippen molar-refractivity contribution in [3.05, 3.63) is 65.2 Å². The summed E-state index contributed by atoms with van der Waals surface area (Å²) in [6, 6.07) is 14.7. The lowest BCUT2D eigenvalue weighted by atomic mass is 9.93. The van der Waals surface area contributed by atoms with Gasteiger partial charge in [0.1, 0.15) is 0 Å². The molecule has 0 aliphatic carbocycles. The average molecular weight is 361 g/mol. The van der Waals surface area contributed by atoms with E-state index in [-0.39, 0.29) is 17.7 Å². The lowest BCUT2D eigenvalue weighted by Crippen LogP contribution is -2.06. The van der Waals surface area contributed by atoms with Crippen molar-refractivity contribution in [2.24, 2.45) is 4.99 Å². The first-order valence-corrected chi connectivity index (χ1v) is 9.74. The van der Waals surface area contributed by atoms with Crippen LogP contribution < -0.4 is 0 Å². The van der Waals surface area contributed by atoms with Gasteiger partial charge in [0, 0.05) is 5.56 Å². The summed E-state index contributed by atoms with van der Waals surface area (Å²) >= 11 is 0. The van der Waals surface area contributed by atoms with Gasteiger partial charge < -0.3 is 4.52 Å². The molecule has 0 aliphatic rings. The van der Waals surface area contributed by atoms with Crippen LogP contribution in [-0.2, 0) is 9.09 Å². The number of hydrogen-bond donors (Lipinski definition) is 2. The van der Waals surface area contributed by atoms with Gasteiger partial charge in [-0.1, -0.05) is 64.1 Å². The van der Waals surface area contributed by atoms with Gasteiger partial charge in [-0.05, 0) is 35.1 Å². The Hall–Kier alpha value is -1.94. The van der Waals surface area contributed by atoms with E-state index >= 15 is 0 Å². The van der Waals surface area contributed by atoms with Gasteiger partial charge in [-0.15, -0.1) is 0 Å². The van der Waals surface area contributed by atoms with Gasteiger partial charge in [0.15, 0.2) is 0 Å². The fraction of sp³-hybridized carbons (Fsp3) is 0.316. The monoisotopic (exact) mass is 361 g/mol. The molecule has 0 saturated heterocycles. The summed E-state index contributed by atoms with van der Waals surface area (Å²) < 4.78 is 16.3. The number of phosphoric ester groups is 1. The molecule has 0 amide bonds. The van der Waals surface area contributed by atoms with Crippen molar-refractivity contribution in [2.75, 3.05) is 0 Å². The minimum atomic E-state index is -4.73. The van der Waals surface area contributed by atoms with Gasteiger partial charge >= 0.3 is 7.82 Å². The van der Waals surface area contributed by atoms with Crippen molar-refractivity contribution in [3.63, 3.8) is 0 Å². The van der Waals surface area contributed by atoms with Crippen LogP contribution in [0.25, 0.3) is 0 Å². The van der Waals surface area contributed by atoms with E-state index in [9.17, 15) is 14.4 Å². The van der Waals surface area contributed by atoms with E-state index in [2.05, 4.69) is 32.7 Å². The number of nitrogens with zero attached hydrogens (tertiary/aromatic N) is 1. The summed E-state index contributed by atoms with van der Waals surface area (Å²) in [6.07, 6.45) is 0. The fourth-order valence-electron chi connectivity index (χ4n) is 2.57. The summed E-state index contributed by atoms with van der Waals surface area (Å²) in [5.41, 5.74) is 3.24. The third-order valence-corrected chi connectivity index (χ3v) is 4.19. The van der Waals surface area contributed by atoms with Gasteiger partial charge in [-0.3, -0.25) is 9.79 Å². The minimum absolute atomic E-state index is 0.0797. The van der Waals surface area contributed by atoms with Crippen LogP contribution in [0.5, 0.6) is 0 Å². The van der Waals surface area contributed by atoms with Crippen LogP contribution in [0.15, 0.2) is 53.5 Å². The Labute approximate surface area is 148 Å². The fourth-order valence-corrected chi connectivity index (χ4v) is 2.94. The second-order valence-corrected chi connectivity index (χ2v) is 7.62. The third kappa shape index (κ3) is 5.27. The van der Waals surface area contributed by atoms with Gasteiger partial charge in [0.05, 0.1) is 5.69 Å². The Balaban J connectivity index is 2.69. The highest BCUT2D eigenvalue weighted by atomic mass is 31.2. The molecule has 5 nitrogen and oxygen atoms in total. The zero-order valence-corrected chi connectivity index (χ0v) is 15.8. The van der Waals surface area contributed by atoms with Crippen molar-refractivity contribution in [1.82, 2.24) is 0 Å². The summed E-state index contributed by atoms with van der Waals surface area (Å²) in [5, 5.41) is 0. The maximum absolute atomic E-state index is 11.4. The first kappa shape index (κ1) is 19.4. The molecule has 0 spiro atoms. The molecule has 0 fully saturated rings. The van der Waals surface area contributed by atoms with Crippen LogP contribution in [0, 0.1) is 0 Å². The number of phosphoric acid groups is 1. The molecule has 25 heavy (non-hydrogen) atoms. The first-order valence-electron chi connectivity index (χ1n) is 8.21. The van der Waals surface area contributed by atoms with E-state index in [1.54, 1.807) is 24.3 Å². The lowest BCUT2D eigenvalue weighted by Gasteiger charge is -2.18. The van der Waals surface area contributed by atoms with E-state index < -0.39 is 7.82 Å². The molecule has 0 saturated carbocycles. The van der Waals surface area contributed by atoms with Crippen molar-refractivity contribution in [1.29, 1.82) is 0 Å². The average Bonchev–Trinajstić information content (AvgIpc) is 2.53. The normalized spacial score (nSPS) is 12.7. The molecule has 2 rings (SSSR count). The molecule has 0 bridgehead atoms. The number of para-hydroxylation sites is 1. The highest BCUT2D eigenvalue weighted by molar-refractivity contribution is 7.47. The summed E-state index contributed by atoms with van der Waals surface area (Å²) in [6.45, 7) is 8.24. The second-order valence-electron chi connectivity index (χ2n) is 6.46. The Morgan fingerprint density at radius 1 is 0.920 bits per heavy atom. The smallest absolute Gasteiger partial charge is 0.385 e. The maximum atomic E-state index is 11.4. The van der Waals surface area contributed by atoms with E-state index in [0.717, 1.165) is 11.1 Å². The molecule has 2 N–H and O–H groups in total. The highest BCUT2D eigenvalue weighted by Crippen LogP contribution is 2.40. The molecular formula is C19H24NO4P. The summed E-state index contributed by atoms with van der Waals surface area (Å²) in [7, 11) is -4.73. The Morgan fingerprint density at radius 2 is 1.44 bits per heavy atom. The van der Waals surface area contributed by atoms with Gasteiger partial charge in [-0.25, -0.2) is 9.56 Å². The largest absolute Gasteiger partial charge is 0.526 e.